The maximum Gasteiger partial charge on any atom is 0.410 e. The van der Waals surface area contributed by atoms with Crippen molar-refractivity contribution < 1.29 is 47.7 Å². The second kappa shape index (κ2) is 13.3. The molecule has 1 aromatic rings. The van der Waals surface area contributed by atoms with Crippen molar-refractivity contribution in [3.05, 3.63) is 30.3 Å². The maximum atomic E-state index is 13.0. The second-order valence-corrected chi connectivity index (χ2v) is 12.0. The molecule has 0 unspecified atom stereocenters. The van der Waals surface area contributed by atoms with E-state index in [-0.39, 0.29) is 5.75 Å². The highest BCUT2D eigenvalue weighted by Gasteiger charge is 2.42. The molecule has 206 valence electrons. The van der Waals surface area contributed by atoms with Crippen LogP contribution in [0.1, 0.15) is 55.4 Å². The zero-order chi connectivity index (χ0) is 28.4. The second-order valence-electron chi connectivity index (χ2n) is 10.4. The number of alkyl carbamates (subject to hydrolysis) is 1. The van der Waals surface area contributed by atoms with E-state index in [9.17, 15) is 24.0 Å². The molecule has 11 nitrogen and oxygen atoms in total. The van der Waals surface area contributed by atoms with Crippen LogP contribution in [0.5, 0.6) is 5.75 Å². The van der Waals surface area contributed by atoms with Crippen molar-refractivity contribution in [2.75, 3.05) is 13.6 Å². The fourth-order valence-corrected chi connectivity index (χ4v) is 3.15. The Morgan fingerprint density at radius 3 is 1.73 bits per heavy atom. The molecule has 1 N–H and O–H groups in total. The number of rotatable bonds is 9. The summed E-state index contributed by atoms with van der Waals surface area (Å²) >= 11 is 0.573. The lowest BCUT2D eigenvalue weighted by atomic mass is 9.97. The van der Waals surface area contributed by atoms with Gasteiger partial charge < -0.3 is 29.0 Å². The molecular weight excluding hydrogens is 506 g/mol. The van der Waals surface area contributed by atoms with Gasteiger partial charge in [0.25, 0.3) is 0 Å². The molecule has 12 heteroatoms. The normalized spacial score (nSPS) is 12.5. The van der Waals surface area contributed by atoms with Crippen molar-refractivity contribution >= 4 is 41.1 Å². The summed E-state index contributed by atoms with van der Waals surface area (Å²) in [6.07, 6.45) is -1.09. The molecule has 0 bridgehead atoms. The number of carbonyl (C=O) groups is 5. The van der Waals surface area contributed by atoms with Crippen LogP contribution in [0.25, 0.3) is 0 Å². The third-order valence-corrected chi connectivity index (χ3v) is 5.52. The molecule has 37 heavy (non-hydrogen) atoms. The van der Waals surface area contributed by atoms with E-state index in [1.165, 1.54) is 26.0 Å². The first-order valence-electron chi connectivity index (χ1n) is 11.3. The van der Waals surface area contributed by atoms with E-state index in [4.69, 9.17) is 23.7 Å². The Bertz CT molecular complexity index is 964. The minimum absolute atomic E-state index is 0.212. The highest BCUT2D eigenvalue weighted by Crippen LogP contribution is 2.31. The standard InChI is InChI=1S/C25H35NO10S/c1-23(2,3)19(28)32-14-34-21(30)26-17(18(27)36-16-12-10-9-11-13-16)25(7,8)37-22(31)35-15-33-20(29)24(4,5)6/h9-13,17H,14-15H2,1-8H3,(H,26,30)/t17-/m0/s1. The van der Waals surface area contributed by atoms with E-state index in [1.54, 1.807) is 59.7 Å². The largest absolute Gasteiger partial charge is 0.427 e. The van der Waals surface area contributed by atoms with Crippen molar-refractivity contribution in [3.8, 4) is 5.75 Å². The summed E-state index contributed by atoms with van der Waals surface area (Å²) in [5.74, 6) is -1.83. The van der Waals surface area contributed by atoms with Gasteiger partial charge in [-0.25, -0.2) is 14.4 Å². The first-order valence-corrected chi connectivity index (χ1v) is 12.2. The van der Waals surface area contributed by atoms with Gasteiger partial charge in [0.2, 0.25) is 13.6 Å². The Balaban J connectivity index is 2.88. The highest BCUT2D eigenvalue weighted by molar-refractivity contribution is 8.14. The number of hydrogen-bond acceptors (Lipinski definition) is 11. The van der Waals surface area contributed by atoms with Gasteiger partial charge in [0.1, 0.15) is 11.8 Å². The minimum Gasteiger partial charge on any atom is -0.427 e. The summed E-state index contributed by atoms with van der Waals surface area (Å²) in [5, 5.41) is 1.49. The van der Waals surface area contributed by atoms with Crippen LogP contribution in [0, 0.1) is 10.8 Å². The van der Waals surface area contributed by atoms with E-state index >= 15 is 0 Å². The molecule has 0 fully saturated rings. The van der Waals surface area contributed by atoms with Crippen LogP contribution in [0.2, 0.25) is 0 Å². The fraction of sp³-hybridized carbons (Fsp3) is 0.560. The summed E-state index contributed by atoms with van der Waals surface area (Å²) in [6.45, 7) is 11.5. The van der Waals surface area contributed by atoms with Crippen LogP contribution in [-0.2, 0) is 33.3 Å². The van der Waals surface area contributed by atoms with Gasteiger partial charge in [-0.1, -0.05) is 18.2 Å². The number of nitrogens with one attached hydrogen (secondary N) is 1. The van der Waals surface area contributed by atoms with Crippen LogP contribution in [-0.4, -0.2) is 53.7 Å². The molecule has 0 saturated carbocycles. The Labute approximate surface area is 220 Å². The molecular formula is C25H35NO10S. The van der Waals surface area contributed by atoms with Gasteiger partial charge in [-0.2, -0.15) is 0 Å². The first kappa shape index (κ1) is 31.7. The molecule has 0 radical (unpaired) electrons. The van der Waals surface area contributed by atoms with Gasteiger partial charge in [-0.05, 0) is 79.3 Å². The van der Waals surface area contributed by atoms with Gasteiger partial charge >= 0.3 is 29.3 Å². The third kappa shape index (κ3) is 11.5. The zero-order valence-corrected chi connectivity index (χ0v) is 23.2. The van der Waals surface area contributed by atoms with Crippen LogP contribution in [0.15, 0.2) is 30.3 Å². The van der Waals surface area contributed by atoms with Gasteiger partial charge in [0, 0.05) is 0 Å². The molecule has 1 atom stereocenters. The average Bonchev–Trinajstić information content (AvgIpc) is 2.76. The first-order chi connectivity index (χ1) is 16.9. The predicted octanol–water partition coefficient (Wildman–Crippen LogP) is 4.43. The maximum absolute atomic E-state index is 13.0. The van der Waals surface area contributed by atoms with Gasteiger partial charge in [0.15, 0.2) is 0 Å². The van der Waals surface area contributed by atoms with E-state index in [1.807, 2.05) is 0 Å². The van der Waals surface area contributed by atoms with E-state index in [0.29, 0.717) is 11.8 Å². The number of amides is 1. The van der Waals surface area contributed by atoms with Gasteiger partial charge in [-0.3, -0.25) is 9.59 Å². The number of ether oxygens (including phenoxy) is 5. The Morgan fingerprint density at radius 1 is 0.757 bits per heavy atom. The predicted molar refractivity (Wildman–Crippen MR) is 134 cm³/mol. The molecule has 0 aromatic heterocycles. The number of benzene rings is 1. The van der Waals surface area contributed by atoms with Crippen molar-refractivity contribution in [1.29, 1.82) is 0 Å². The Kier molecular flexibility index (Phi) is 11.4. The summed E-state index contributed by atoms with van der Waals surface area (Å²) in [5.41, 5.74) is -1.58. The van der Waals surface area contributed by atoms with Crippen molar-refractivity contribution in [3.63, 3.8) is 0 Å². The lowest BCUT2D eigenvalue weighted by Gasteiger charge is -2.31. The number of carbonyl (C=O) groups excluding carboxylic acids is 5. The van der Waals surface area contributed by atoms with Crippen molar-refractivity contribution in [2.24, 2.45) is 10.8 Å². The molecule has 1 rings (SSSR count). The fourth-order valence-electron chi connectivity index (χ4n) is 2.34. The molecule has 1 aromatic carbocycles. The quantitative estimate of drug-likeness (QED) is 0.269. The monoisotopic (exact) mass is 541 g/mol. The van der Waals surface area contributed by atoms with Crippen LogP contribution < -0.4 is 10.1 Å². The van der Waals surface area contributed by atoms with E-state index in [2.05, 4.69) is 5.32 Å². The zero-order valence-electron chi connectivity index (χ0n) is 22.4. The summed E-state index contributed by atoms with van der Waals surface area (Å²) in [6, 6.07) is 6.70. The SMILES string of the molecule is CC(C)(C)C(=O)OCOC(=O)N[C@@H](C(=O)Oc1ccccc1)C(C)(C)SC(=O)OCOC(=O)C(C)(C)C. The summed E-state index contributed by atoms with van der Waals surface area (Å²) in [4.78, 5) is 61.5. The summed E-state index contributed by atoms with van der Waals surface area (Å²) in [7, 11) is 0. The van der Waals surface area contributed by atoms with Gasteiger partial charge in [-0.15, -0.1) is 0 Å². The number of hydrogen-bond donors (Lipinski definition) is 1. The van der Waals surface area contributed by atoms with E-state index < -0.39 is 64.5 Å². The third-order valence-electron chi connectivity index (χ3n) is 4.47. The van der Waals surface area contributed by atoms with Crippen LogP contribution in [0.4, 0.5) is 9.59 Å². The number of thioether (sulfide) groups is 1. The molecule has 0 heterocycles. The smallest absolute Gasteiger partial charge is 0.410 e. The molecule has 0 spiro atoms. The Morgan fingerprint density at radius 2 is 1.24 bits per heavy atom. The number of para-hydroxylation sites is 1. The molecule has 0 aliphatic rings. The molecule has 1 amide bonds. The molecule has 0 aliphatic heterocycles. The average molecular weight is 542 g/mol. The van der Waals surface area contributed by atoms with Crippen molar-refractivity contribution in [2.45, 2.75) is 66.2 Å². The minimum atomic E-state index is -1.41. The summed E-state index contributed by atoms with van der Waals surface area (Å²) < 4.78 is 23.7. The van der Waals surface area contributed by atoms with Crippen LogP contribution in [0.3, 0.4) is 0 Å². The molecule has 0 saturated heterocycles. The lowest BCUT2D eigenvalue weighted by molar-refractivity contribution is -0.162. The number of esters is 3. The molecule has 0 aliphatic carbocycles. The van der Waals surface area contributed by atoms with Crippen molar-refractivity contribution in [1.82, 2.24) is 5.32 Å². The lowest BCUT2D eigenvalue weighted by Crippen LogP contribution is -2.54. The Hall–Kier alpha value is -3.28. The van der Waals surface area contributed by atoms with Gasteiger partial charge in [0.05, 0.1) is 15.6 Å². The van der Waals surface area contributed by atoms with Crippen LogP contribution >= 0.6 is 11.8 Å². The van der Waals surface area contributed by atoms with E-state index in [0.717, 1.165) is 0 Å². The topological polar surface area (TPSA) is 144 Å². The highest BCUT2D eigenvalue weighted by atomic mass is 32.2.